The minimum absolute atomic E-state index is 0. The molecule has 2 saturated heterocycles. The van der Waals surface area contributed by atoms with E-state index in [9.17, 15) is 4.79 Å². The van der Waals surface area contributed by atoms with Gasteiger partial charge >= 0.3 is 0 Å². The summed E-state index contributed by atoms with van der Waals surface area (Å²) >= 11 is 0. The summed E-state index contributed by atoms with van der Waals surface area (Å²) in [6.45, 7) is 2.68. The average Bonchev–Trinajstić information content (AvgIpc) is 2.86. The fraction of sp³-hybridized carbons (Fsp3) is 0.909. The van der Waals surface area contributed by atoms with E-state index in [0.29, 0.717) is 12.5 Å². The molecule has 2 rings (SSSR count). The van der Waals surface area contributed by atoms with Crippen LogP contribution in [0.3, 0.4) is 0 Å². The van der Waals surface area contributed by atoms with Crippen molar-refractivity contribution in [2.75, 3.05) is 19.7 Å². The summed E-state index contributed by atoms with van der Waals surface area (Å²) in [6, 6.07) is 0.485. The summed E-state index contributed by atoms with van der Waals surface area (Å²) in [5, 5.41) is 6.33. The molecule has 2 N–H and O–H groups in total. The van der Waals surface area contributed by atoms with Gasteiger partial charge in [0, 0.05) is 19.2 Å². The van der Waals surface area contributed by atoms with E-state index in [1.165, 1.54) is 12.8 Å². The summed E-state index contributed by atoms with van der Waals surface area (Å²) in [7, 11) is 0. The molecule has 4 nitrogen and oxygen atoms in total. The molecule has 0 aromatic carbocycles. The van der Waals surface area contributed by atoms with Crippen molar-refractivity contribution in [2.45, 2.75) is 44.2 Å². The number of nitrogens with one attached hydrogen (secondary N) is 2. The van der Waals surface area contributed by atoms with Gasteiger partial charge in [0.15, 0.2) is 0 Å². The summed E-state index contributed by atoms with van der Waals surface area (Å²) in [5.41, 5.74) is 0. The van der Waals surface area contributed by atoms with Crippen molar-refractivity contribution in [2.24, 2.45) is 0 Å². The highest BCUT2D eigenvalue weighted by Gasteiger charge is 2.20. The topological polar surface area (TPSA) is 50.4 Å². The third-order valence-electron chi connectivity index (χ3n) is 3.15. The average molecular weight is 249 g/mol. The van der Waals surface area contributed by atoms with E-state index < -0.39 is 0 Å². The van der Waals surface area contributed by atoms with Gasteiger partial charge in [-0.25, -0.2) is 0 Å². The van der Waals surface area contributed by atoms with Crippen LogP contribution in [-0.4, -0.2) is 37.7 Å². The second kappa shape index (κ2) is 7.09. The van der Waals surface area contributed by atoms with Crippen molar-refractivity contribution >= 4 is 18.3 Å². The van der Waals surface area contributed by atoms with Gasteiger partial charge in [0.1, 0.15) is 0 Å². The lowest BCUT2D eigenvalue weighted by molar-refractivity contribution is -0.123. The SMILES string of the molecule is Cl.O=C(CC1CCCO1)NCC1CCCN1. The van der Waals surface area contributed by atoms with Crippen molar-refractivity contribution in [3.05, 3.63) is 0 Å². The smallest absolute Gasteiger partial charge is 0.222 e. The molecule has 0 saturated carbocycles. The first-order chi connectivity index (χ1) is 7.34. The van der Waals surface area contributed by atoms with Gasteiger partial charge in [0.25, 0.3) is 0 Å². The molecule has 2 atom stereocenters. The molecule has 2 unspecified atom stereocenters. The standard InChI is InChI=1S/C11H20N2O2.ClH/c14-11(7-10-4-2-6-15-10)13-8-9-3-1-5-12-9;/h9-10,12H,1-8H2,(H,13,14);1H. The molecule has 2 aliphatic heterocycles. The molecule has 2 heterocycles. The molecule has 94 valence electrons. The van der Waals surface area contributed by atoms with Gasteiger partial charge in [0.2, 0.25) is 5.91 Å². The van der Waals surface area contributed by atoms with E-state index in [0.717, 1.165) is 32.5 Å². The molecule has 0 aromatic rings. The lowest BCUT2D eigenvalue weighted by Crippen LogP contribution is -2.38. The van der Waals surface area contributed by atoms with Gasteiger partial charge in [-0.3, -0.25) is 4.79 Å². The Bertz CT molecular complexity index is 214. The van der Waals surface area contributed by atoms with Crippen LogP contribution in [0.4, 0.5) is 0 Å². The third-order valence-corrected chi connectivity index (χ3v) is 3.15. The van der Waals surface area contributed by atoms with E-state index in [4.69, 9.17) is 4.74 Å². The molecule has 0 aromatic heterocycles. The van der Waals surface area contributed by atoms with Crippen molar-refractivity contribution in [1.29, 1.82) is 0 Å². The zero-order valence-electron chi connectivity index (χ0n) is 9.54. The second-order valence-corrected chi connectivity index (χ2v) is 4.44. The van der Waals surface area contributed by atoms with Crippen molar-refractivity contribution < 1.29 is 9.53 Å². The third kappa shape index (κ3) is 4.28. The minimum atomic E-state index is 0. The Labute approximate surface area is 103 Å². The van der Waals surface area contributed by atoms with Crippen LogP contribution in [0.25, 0.3) is 0 Å². The molecule has 2 aliphatic rings. The Hall–Kier alpha value is -0.320. The number of halogens is 1. The number of amides is 1. The zero-order valence-corrected chi connectivity index (χ0v) is 10.4. The van der Waals surface area contributed by atoms with E-state index in [2.05, 4.69) is 10.6 Å². The maximum Gasteiger partial charge on any atom is 0.222 e. The summed E-state index contributed by atoms with van der Waals surface area (Å²) in [5.74, 6) is 0.135. The summed E-state index contributed by atoms with van der Waals surface area (Å²) in [4.78, 5) is 11.5. The molecular weight excluding hydrogens is 228 g/mol. The monoisotopic (exact) mass is 248 g/mol. The Kier molecular flexibility index (Phi) is 6.09. The van der Waals surface area contributed by atoms with Gasteiger partial charge in [0.05, 0.1) is 12.5 Å². The number of ether oxygens (including phenoxy) is 1. The molecule has 0 bridgehead atoms. The van der Waals surface area contributed by atoms with Gasteiger partial charge < -0.3 is 15.4 Å². The second-order valence-electron chi connectivity index (χ2n) is 4.44. The van der Waals surface area contributed by atoms with Crippen LogP contribution in [0.2, 0.25) is 0 Å². The lowest BCUT2D eigenvalue weighted by atomic mass is 10.1. The Morgan fingerprint density at radius 2 is 2.25 bits per heavy atom. The lowest BCUT2D eigenvalue weighted by Gasteiger charge is -2.13. The molecular formula is C11H21ClN2O2. The maximum atomic E-state index is 11.5. The molecule has 0 aliphatic carbocycles. The molecule has 16 heavy (non-hydrogen) atoms. The first kappa shape index (κ1) is 13.7. The predicted molar refractivity (Wildman–Crippen MR) is 64.9 cm³/mol. The van der Waals surface area contributed by atoms with Gasteiger partial charge in [-0.15, -0.1) is 12.4 Å². The van der Waals surface area contributed by atoms with E-state index in [-0.39, 0.29) is 24.4 Å². The van der Waals surface area contributed by atoms with Crippen LogP contribution in [-0.2, 0) is 9.53 Å². The first-order valence-corrected chi connectivity index (χ1v) is 5.96. The zero-order chi connectivity index (χ0) is 10.5. The first-order valence-electron chi connectivity index (χ1n) is 5.96. The molecule has 0 radical (unpaired) electrons. The highest BCUT2D eigenvalue weighted by molar-refractivity contribution is 5.85. The van der Waals surface area contributed by atoms with E-state index in [1.807, 2.05) is 0 Å². The molecule has 5 heteroatoms. The van der Waals surface area contributed by atoms with Crippen LogP contribution in [0.1, 0.15) is 32.1 Å². The Morgan fingerprint density at radius 3 is 2.88 bits per heavy atom. The molecule has 1 amide bonds. The van der Waals surface area contributed by atoms with Crippen molar-refractivity contribution in [1.82, 2.24) is 10.6 Å². The van der Waals surface area contributed by atoms with Gasteiger partial charge in [-0.05, 0) is 32.2 Å². The van der Waals surface area contributed by atoms with Crippen LogP contribution in [0, 0.1) is 0 Å². The summed E-state index contributed by atoms with van der Waals surface area (Å²) < 4.78 is 5.42. The number of carbonyl (C=O) groups is 1. The van der Waals surface area contributed by atoms with Crippen LogP contribution >= 0.6 is 12.4 Å². The summed E-state index contributed by atoms with van der Waals surface area (Å²) in [6.07, 6.45) is 5.25. The largest absolute Gasteiger partial charge is 0.378 e. The Balaban J connectivity index is 0.00000128. The van der Waals surface area contributed by atoms with E-state index >= 15 is 0 Å². The highest BCUT2D eigenvalue weighted by atomic mass is 35.5. The van der Waals surface area contributed by atoms with Crippen molar-refractivity contribution in [3.63, 3.8) is 0 Å². The van der Waals surface area contributed by atoms with Gasteiger partial charge in [-0.1, -0.05) is 0 Å². The predicted octanol–water partition coefficient (Wildman–Crippen LogP) is 0.845. The Morgan fingerprint density at radius 1 is 1.38 bits per heavy atom. The number of hydrogen-bond donors (Lipinski definition) is 2. The van der Waals surface area contributed by atoms with E-state index in [1.54, 1.807) is 0 Å². The van der Waals surface area contributed by atoms with Gasteiger partial charge in [-0.2, -0.15) is 0 Å². The maximum absolute atomic E-state index is 11.5. The fourth-order valence-electron chi connectivity index (χ4n) is 2.25. The fourth-order valence-corrected chi connectivity index (χ4v) is 2.25. The number of carbonyl (C=O) groups excluding carboxylic acids is 1. The van der Waals surface area contributed by atoms with Crippen molar-refractivity contribution in [3.8, 4) is 0 Å². The van der Waals surface area contributed by atoms with Crippen LogP contribution in [0.15, 0.2) is 0 Å². The van der Waals surface area contributed by atoms with Crippen LogP contribution in [0.5, 0.6) is 0 Å². The highest BCUT2D eigenvalue weighted by Crippen LogP contribution is 2.14. The number of rotatable bonds is 4. The van der Waals surface area contributed by atoms with Crippen LogP contribution < -0.4 is 10.6 Å². The molecule has 2 fully saturated rings. The minimum Gasteiger partial charge on any atom is -0.378 e. The normalized spacial score (nSPS) is 28.8. The molecule has 0 spiro atoms. The number of hydrogen-bond acceptors (Lipinski definition) is 3. The quantitative estimate of drug-likeness (QED) is 0.776.